The van der Waals surface area contributed by atoms with Crippen LogP contribution < -0.4 is 10.6 Å². The quantitative estimate of drug-likeness (QED) is 0.486. The topological polar surface area (TPSA) is 78.4 Å². The molecule has 0 fully saturated rings. The molecule has 3 N–H and O–H groups in total. The third-order valence-corrected chi connectivity index (χ3v) is 2.86. The molecule has 1 unspecified atom stereocenters. The molecule has 0 aliphatic heterocycles. The highest BCUT2D eigenvalue weighted by Crippen LogP contribution is 2.08. The summed E-state index contributed by atoms with van der Waals surface area (Å²) in [5.41, 5.74) is 0. The van der Waals surface area contributed by atoms with Gasteiger partial charge in [-0.3, -0.25) is 4.79 Å². The highest BCUT2D eigenvalue weighted by molar-refractivity contribution is 5.74. The summed E-state index contributed by atoms with van der Waals surface area (Å²) in [5.74, 6) is -1.13. The number of carbonyl (C=O) groups excluding carboxylic acids is 1. The average molecular weight is 240 g/mol. The van der Waals surface area contributed by atoms with E-state index in [0.717, 1.165) is 12.8 Å². The number of urea groups is 1. The molecule has 96 valence electrons. The number of amides is 2. The molecule has 0 radical (unpaired) electrons. The molecule has 0 aromatic heterocycles. The lowest BCUT2D eigenvalue weighted by molar-refractivity contribution is -0.141. The van der Waals surface area contributed by atoms with Gasteiger partial charge in [-0.05, 0) is 25.7 Å². The smallest absolute Gasteiger partial charge is 0.315 e. The van der Waals surface area contributed by atoms with E-state index in [1.807, 2.05) is 0 Å². The second kappa shape index (κ2) is 6.93. The maximum Gasteiger partial charge on any atom is 0.315 e. The van der Waals surface area contributed by atoms with Gasteiger partial charge in [-0.2, -0.15) is 0 Å². The van der Waals surface area contributed by atoms with Crippen LogP contribution >= 0.6 is 0 Å². The van der Waals surface area contributed by atoms with Gasteiger partial charge in [-0.15, -0.1) is 0 Å². The summed E-state index contributed by atoms with van der Waals surface area (Å²) >= 11 is 0. The maximum atomic E-state index is 11.4. The molecule has 1 rings (SSSR count). The molecule has 0 bridgehead atoms. The van der Waals surface area contributed by atoms with Crippen LogP contribution in [0.3, 0.4) is 0 Å². The van der Waals surface area contributed by atoms with E-state index in [0.29, 0.717) is 19.4 Å². The van der Waals surface area contributed by atoms with E-state index in [-0.39, 0.29) is 18.0 Å². The van der Waals surface area contributed by atoms with Gasteiger partial charge in [0.25, 0.3) is 0 Å². The summed E-state index contributed by atoms with van der Waals surface area (Å²) in [4.78, 5) is 22.0. The van der Waals surface area contributed by atoms with Crippen molar-refractivity contribution >= 4 is 12.0 Å². The molecular weight excluding hydrogens is 220 g/mol. The van der Waals surface area contributed by atoms with Crippen LogP contribution in [-0.4, -0.2) is 29.7 Å². The van der Waals surface area contributed by atoms with E-state index in [9.17, 15) is 9.59 Å². The van der Waals surface area contributed by atoms with Crippen molar-refractivity contribution in [3.63, 3.8) is 0 Å². The predicted octanol–water partition coefficient (Wildman–Crippen LogP) is 1.51. The first-order chi connectivity index (χ1) is 8.09. The molecule has 0 heterocycles. The lowest BCUT2D eigenvalue weighted by Gasteiger charge is -2.13. The van der Waals surface area contributed by atoms with E-state index in [1.54, 1.807) is 6.92 Å². The predicted molar refractivity (Wildman–Crippen MR) is 64.7 cm³/mol. The molecule has 17 heavy (non-hydrogen) atoms. The first-order valence-corrected chi connectivity index (χ1v) is 6.01. The Morgan fingerprint density at radius 3 is 2.65 bits per heavy atom. The molecule has 0 aromatic rings. The van der Waals surface area contributed by atoms with Crippen LogP contribution in [0.25, 0.3) is 0 Å². The Morgan fingerprint density at radius 2 is 2.06 bits per heavy atom. The van der Waals surface area contributed by atoms with E-state index < -0.39 is 5.97 Å². The van der Waals surface area contributed by atoms with Crippen molar-refractivity contribution in [1.29, 1.82) is 0 Å². The molecule has 0 aromatic carbocycles. The Bertz CT molecular complexity index is 294. The highest BCUT2D eigenvalue weighted by Gasteiger charge is 2.13. The van der Waals surface area contributed by atoms with Crippen LogP contribution in [0.4, 0.5) is 4.79 Å². The molecule has 0 saturated heterocycles. The van der Waals surface area contributed by atoms with Gasteiger partial charge < -0.3 is 15.7 Å². The lowest BCUT2D eigenvalue weighted by Crippen LogP contribution is -2.41. The van der Waals surface area contributed by atoms with Crippen molar-refractivity contribution in [3.8, 4) is 0 Å². The van der Waals surface area contributed by atoms with Gasteiger partial charge in [0.05, 0.1) is 5.92 Å². The molecule has 2 amide bonds. The second-order valence-electron chi connectivity index (χ2n) is 4.42. The monoisotopic (exact) mass is 240 g/mol. The maximum absolute atomic E-state index is 11.4. The molecule has 5 nitrogen and oxygen atoms in total. The fourth-order valence-corrected chi connectivity index (χ4v) is 1.71. The zero-order valence-corrected chi connectivity index (χ0v) is 10.1. The van der Waals surface area contributed by atoms with Crippen LogP contribution in [0.1, 0.15) is 32.6 Å². The largest absolute Gasteiger partial charge is 0.481 e. The SMILES string of the molecule is CC(CCCNC(=O)NC1CC=CC1)C(=O)O. The van der Waals surface area contributed by atoms with Crippen molar-refractivity contribution in [2.24, 2.45) is 5.92 Å². The first-order valence-electron chi connectivity index (χ1n) is 6.01. The summed E-state index contributed by atoms with van der Waals surface area (Å²) in [6.45, 7) is 2.19. The normalized spacial score (nSPS) is 16.8. The minimum absolute atomic E-state index is 0.165. The molecular formula is C12H20N2O3. The lowest BCUT2D eigenvalue weighted by atomic mass is 10.1. The van der Waals surface area contributed by atoms with Gasteiger partial charge in [0.1, 0.15) is 0 Å². The Balaban J connectivity index is 2.02. The van der Waals surface area contributed by atoms with E-state index in [4.69, 9.17) is 5.11 Å². The number of aliphatic carboxylic acids is 1. The molecule has 0 saturated carbocycles. The summed E-state index contributed by atoms with van der Waals surface area (Å²) < 4.78 is 0. The van der Waals surface area contributed by atoms with Crippen LogP contribution in [0, 0.1) is 5.92 Å². The number of hydrogen-bond acceptors (Lipinski definition) is 2. The zero-order chi connectivity index (χ0) is 12.7. The number of carboxylic acids is 1. The second-order valence-corrected chi connectivity index (χ2v) is 4.42. The van der Waals surface area contributed by atoms with Gasteiger partial charge in [0.2, 0.25) is 0 Å². The van der Waals surface area contributed by atoms with Crippen molar-refractivity contribution in [1.82, 2.24) is 10.6 Å². The van der Waals surface area contributed by atoms with Crippen LogP contribution in [0.5, 0.6) is 0 Å². The van der Waals surface area contributed by atoms with Crippen molar-refractivity contribution in [2.75, 3.05) is 6.54 Å². The summed E-state index contributed by atoms with van der Waals surface area (Å²) in [5, 5.41) is 14.3. The Labute approximate surface area is 101 Å². The van der Waals surface area contributed by atoms with E-state index >= 15 is 0 Å². The van der Waals surface area contributed by atoms with Gasteiger partial charge in [0, 0.05) is 12.6 Å². The van der Waals surface area contributed by atoms with Crippen LogP contribution in [0.15, 0.2) is 12.2 Å². The Kier molecular flexibility index (Phi) is 5.52. The van der Waals surface area contributed by atoms with Crippen molar-refractivity contribution in [3.05, 3.63) is 12.2 Å². The molecule has 1 aliphatic rings. The van der Waals surface area contributed by atoms with Gasteiger partial charge in [0.15, 0.2) is 0 Å². The van der Waals surface area contributed by atoms with Crippen molar-refractivity contribution in [2.45, 2.75) is 38.6 Å². The molecule has 5 heteroatoms. The fraction of sp³-hybridized carbons (Fsp3) is 0.667. The summed E-state index contributed by atoms with van der Waals surface area (Å²) in [6, 6.07) is 0.0506. The number of carbonyl (C=O) groups is 2. The average Bonchev–Trinajstić information content (AvgIpc) is 2.76. The standard InChI is InChI=1S/C12H20N2O3/c1-9(11(15)16)5-4-8-13-12(17)14-10-6-2-3-7-10/h2-3,9-10H,4-8H2,1H3,(H,15,16)(H2,13,14,17). The summed E-state index contributed by atoms with van der Waals surface area (Å²) in [6.07, 6.45) is 7.16. The molecule has 1 aliphatic carbocycles. The van der Waals surface area contributed by atoms with Crippen LogP contribution in [0.2, 0.25) is 0 Å². The Hall–Kier alpha value is -1.52. The number of hydrogen-bond donors (Lipinski definition) is 3. The van der Waals surface area contributed by atoms with Gasteiger partial charge in [-0.25, -0.2) is 4.79 Å². The van der Waals surface area contributed by atoms with Crippen molar-refractivity contribution < 1.29 is 14.7 Å². The molecule has 0 spiro atoms. The third kappa shape index (κ3) is 5.38. The zero-order valence-electron chi connectivity index (χ0n) is 10.1. The third-order valence-electron chi connectivity index (χ3n) is 2.86. The number of rotatable bonds is 6. The summed E-state index contributed by atoms with van der Waals surface area (Å²) in [7, 11) is 0. The van der Waals surface area contributed by atoms with Gasteiger partial charge >= 0.3 is 12.0 Å². The Morgan fingerprint density at radius 1 is 1.41 bits per heavy atom. The van der Waals surface area contributed by atoms with E-state index in [2.05, 4.69) is 22.8 Å². The van der Waals surface area contributed by atoms with Gasteiger partial charge in [-0.1, -0.05) is 19.1 Å². The minimum Gasteiger partial charge on any atom is -0.481 e. The minimum atomic E-state index is -0.786. The highest BCUT2D eigenvalue weighted by atomic mass is 16.4. The fourth-order valence-electron chi connectivity index (χ4n) is 1.71. The number of carboxylic acid groups (broad SMARTS) is 1. The van der Waals surface area contributed by atoms with Crippen LogP contribution in [-0.2, 0) is 4.79 Å². The van der Waals surface area contributed by atoms with E-state index in [1.165, 1.54) is 0 Å². The number of nitrogens with one attached hydrogen (secondary N) is 2. The first kappa shape index (κ1) is 13.5. The molecule has 1 atom stereocenters.